The van der Waals surface area contributed by atoms with E-state index in [1.54, 1.807) is 18.3 Å². The van der Waals surface area contributed by atoms with Gasteiger partial charge in [0, 0.05) is 41.5 Å². The van der Waals surface area contributed by atoms with Gasteiger partial charge in [-0.2, -0.15) is 5.26 Å². The molecule has 0 bridgehead atoms. The molecule has 0 radical (unpaired) electrons. The zero-order valence-electron chi connectivity index (χ0n) is 17.4. The van der Waals surface area contributed by atoms with E-state index in [9.17, 15) is 18.4 Å². The molecule has 166 valence electrons. The van der Waals surface area contributed by atoms with E-state index in [0.29, 0.717) is 5.56 Å². The Balaban J connectivity index is 1.45. The zero-order chi connectivity index (χ0) is 23.4. The van der Waals surface area contributed by atoms with Gasteiger partial charge >= 0.3 is 0 Å². The fraction of sp³-hybridized carbons (Fsp3) is 0.208. The number of halogens is 2. The van der Waals surface area contributed by atoms with E-state index in [0.717, 1.165) is 21.4 Å². The van der Waals surface area contributed by atoms with Crippen molar-refractivity contribution in [3.05, 3.63) is 71.7 Å². The topological polar surface area (TPSA) is 99.0 Å². The molecule has 2 amide bonds. The first-order valence-electron chi connectivity index (χ1n) is 10.2. The maximum atomic E-state index is 13.6. The van der Waals surface area contributed by atoms with E-state index in [1.807, 2.05) is 36.4 Å². The normalized spacial score (nSPS) is 17.2. The van der Waals surface area contributed by atoms with Crippen LogP contribution >= 0.6 is 0 Å². The summed E-state index contributed by atoms with van der Waals surface area (Å²) in [5.41, 5.74) is 2.57. The molecule has 3 heterocycles. The first kappa shape index (κ1) is 22.0. The van der Waals surface area contributed by atoms with Gasteiger partial charge in [0.25, 0.3) is 11.8 Å². The van der Waals surface area contributed by atoms with Crippen LogP contribution in [-0.2, 0) is 4.79 Å². The number of aromatic nitrogens is 2. The summed E-state index contributed by atoms with van der Waals surface area (Å²) in [4.78, 5) is 34.2. The van der Waals surface area contributed by atoms with E-state index < -0.39 is 43.3 Å². The number of benzene rings is 1. The lowest BCUT2D eigenvalue weighted by Crippen LogP contribution is -2.43. The highest BCUT2D eigenvalue weighted by Crippen LogP contribution is 2.31. The van der Waals surface area contributed by atoms with Crippen molar-refractivity contribution in [2.75, 3.05) is 13.1 Å². The number of nitrogens with zero attached hydrogens (tertiary/aromatic N) is 4. The Bertz CT molecular complexity index is 1290. The largest absolute Gasteiger partial charge is 0.343 e. The van der Waals surface area contributed by atoms with Gasteiger partial charge in [0.05, 0.1) is 24.7 Å². The quantitative estimate of drug-likeness (QED) is 0.647. The summed E-state index contributed by atoms with van der Waals surface area (Å²) in [6, 6.07) is 11.6. The van der Waals surface area contributed by atoms with Crippen LogP contribution in [0.25, 0.3) is 23.1 Å². The molecular weight excluding hydrogens is 428 g/mol. The van der Waals surface area contributed by atoms with Crippen LogP contribution in [-0.4, -0.2) is 51.7 Å². The van der Waals surface area contributed by atoms with E-state index in [2.05, 4.69) is 15.3 Å². The van der Waals surface area contributed by atoms with Gasteiger partial charge in [-0.25, -0.2) is 8.78 Å². The molecule has 1 fully saturated rings. The number of carbonyl (C=O) groups excluding carboxylic acids is 2. The fourth-order valence-electron chi connectivity index (χ4n) is 3.68. The van der Waals surface area contributed by atoms with Gasteiger partial charge in [-0.15, -0.1) is 0 Å². The van der Waals surface area contributed by atoms with Gasteiger partial charge < -0.3 is 10.2 Å². The Morgan fingerprint density at radius 2 is 2.09 bits per heavy atom. The second-order valence-electron chi connectivity index (χ2n) is 7.66. The molecule has 1 aromatic carbocycles. The average Bonchev–Trinajstić information content (AvgIpc) is 3.15. The molecular formula is C24H19F2N5O2. The number of hydrogen-bond donors (Lipinski definition) is 1. The van der Waals surface area contributed by atoms with Gasteiger partial charge in [-0.1, -0.05) is 24.3 Å². The highest BCUT2D eigenvalue weighted by atomic mass is 19.3. The third kappa shape index (κ3) is 5.01. The van der Waals surface area contributed by atoms with Crippen LogP contribution in [0.3, 0.4) is 0 Å². The van der Waals surface area contributed by atoms with Gasteiger partial charge in [0.1, 0.15) is 6.04 Å². The summed E-state index contributed by atoms with van der Waals surface area (Å²) in [6.07, 6.45) is 7.54. The van der Waals surface area contributed by atoms with Crippen molar-refractivity contribution in [3.8, 4) is 6.07 Å². The first-order valence-corrected chi connectivity index (χ1v) is 10.2. The lowest BCUT2D eigenvalue weighted by atomic mass is 10.1. The average molecular weight is 447 g/mol. The number of nitrogens with one attached hydrogen (secondary N) is 1. The fourth-order valence-corrected chi connectivity index (χ4v) is 3.68. The Hall–Kier alpha value is -4.19. The van der Waals surface area contributed by atoms with E-state index in [-0.39, 0.29) is 5.56 Å². The number of alkyl halides is 2. The van der Waals surface area contributed by atoms with Crippen molar-refractivity contribution in [2.24, 2.45) is 0 Å². The monoisotopic (exact) mass is 447 g/mol. The number of carbonyl (C=O) groups is 2. The van der Waals surface area contributed by atoms with Crippen LogP contribution in [0, 0.1) is 11.3 Å². The summed E-state index contributed by atoms with van der Waals surface area (Å²) in [7, 11) is 0. The minimum atomic E-state index is -3.11. The molecule has 0 unspecified atom stereocenters. The third-order valence-corrected chi connectivity index (χ3v) is 5.32. The Morgan fingerprint density at radius 3 is 2.91 bits per heavy atom. The third-order valence-electron chi connectivity index (χ3n) is 5.32. The van der Waals surface area contributed by atoms with Crippen LogP contribution < -0.4 is 5.32 Å². The second-order valence-corrected chi connectivity index (χ2v) is 7.66. The molecule has 0 spiro atoms. The molecule has 2 aromatic heterocycles. The molecule has 1 atom stereocenters. The predicted molar refractivity (Wildman–Crippen MR) is 118 cm³/mol. The molecule has 4 rings (SSSR count). The maximum Gasteiger partial charge on any atom is 0.268 e. The molecule has 1 aliphatic rings. The van der Waals surface area contributed by atoms with Crippen LogP contribution in [0.4, 0.5) is 8.78 Å². The molecule has 0 aliphatic carbocycles. The van der Waals surface area contributed by atoms with Gasteiger partial charge in [0.15, 0.2) is 0 Å². The lowest BCUT2D eigenvalue weighted by Gasteiger charge is -2.19. The summed E-state index contributed by atoms with van der Waals surface area (Å²) >= 11 is 0. The van der Waals surface area contributed by atoms with Gasteiger partial charge in [-0.3, -0.25) is 19.6 Å². The summed E-state index contributed by atoms with van der Waals surface area (Å²) in [5.74, 6) is -4.39. The minimum absolute atomic E-state index is 0.278. The molecule has 7 nitrogen and oxygen atoms in total. The molecule has 9 heteroatoms. The van der Waals surface area contributed by atoms with E-state index in [4.69, 9.17) is 5.26 Å². The van der Waals surface area contributed by atoms with Crippen molar-refractivity contribution >= 4 is 34.9 Å². The molecule has 0 saturated carbocycles. The van der Waals surface area contributed by atoms with Crippen molar-refractivity contribution < 1.29 is 18.4 Å². The highest BCUT2D eigenvalue weighted by Gasteiger charge is 2.47. The van der Waals surface area contributed by atoms with Crippen molar-refractivity contribution in [1.82, 2.24) is 20.2 Å². The molecule has 3 aromatic rings. The molecule has 1 N–H and O–H groups in total. The number of hydrogen-bond acceptors (Lipinski definition) is 5. The first-order chi connectivity index (χ1) is 15.9. The number of likely N-dealkylation sites (tertiary alicyclic amines) is 1. The molecule has 1 aliphatic heterocycles. The van der Waals surface area contributed by atoms with E-state index >= 15 is 0 Å². The lowest BCUT2D eigenvalue weighted by molar-refractivity contribution is -0.131. The number of rotatable bonds is 5. The summed E-state index contributed by atoms with van der Waals surface area (Å²) in [6.45, 7) is -1.32. The standard InChI is InChI=1S/C24H19F2N5O2/c25-24(26)11-19(12-27)31(15-24)22(32)14-30-23(33)20-7-9-28-13-18(20)5-3-16-4-6-21-17(10-16)2-1-8-29-21/h1-10,13,19H,11,14-15H2,(H,30,33)/b5-3+/t19-/m0/s1. The number of amides is 2. The van der Waals surface area contributed by atoms with Crippen molar-refractivity contribution in [1.29, 1.82) is 5.26 Å². The highest BCUT2D eigenvalue weighted by molar-refractivity contribution is 6.00. The Labute approximate surface area is 188 Å². The molecule has 1 saturated heterocycles. The van der Waals surface area contributed by atoms with Crippen LogP contribution in [0.5, 0.6) is 0 Å². The minimum Gasteiger partial charge on any atom is -0.343 e. The van der Waals surface area contributed by atoms with Crippen LogP contribution in [0.15, 0.2) is 55.0 Å². The smallest absolute Gasteiger partial charge is 0.268 e. The number of nitriles is 1. The number of pyridine rings is 2. The number of fused-ring (bicyclic) bond motifs is 1. The molecule has 33 heavy (non-hydrogen) atoms. The van der Waals surface area contributed by atoms with Gasteiger partial charge in [-0.05, 0) is 29.8 Å². The Kier molecular flexibility index (Phi) is 6.09. The van der Waals surface area contributed by atoms with E-state index in [1.165, 1.54) is 18.5 Å². The van der Waals surface area contributed by atoms with Gasteiger partial charge in [0.2, 0.25) is 5.91 Å². The van der Waals surface area contributed by atoms with Crippen LogP contribution in [0.2, 0.25) is 0 Å². The summed E-state index contributed by atoms with van der Waals surface area (Å²) in [5, 5.41) is 12.5. The second kappa shape index (κ2) is 9.12. The zero-order valence-corrected chi connectivity index (χ0v) is 17.4. The van der Waals surface area contributed by atoms with Crippen molar-refractivity contribution in [2.45, 2.75) is 18.4 Å². The van der Waals surface area contributed by atoms with Crippen molar-refractivity contribution in [3.63, 3.8) is 0 Å². The Morgan fingerprint density at radius 1 is 1.24 bits per heavy atom. The maximum absolute atomic E-state index is 13.6. The van der Waals surface area contributed by atoms with Crippen LogP contribution in [0.1, 0.15) is 27.9 Å². The predicted octanol–water partition coefficient (Wildman–Crippen LogP) is 3.29. The SMILES string of the molecule is N#C[C@@H]1CC(F)(F)CN1C(=O)CNC(=O)c1ccncc1/C=C/c1ccc2ncccc2c1. The summed E-state index contributed by atoms with van der Waals surface area (Å²) < 4.78 is 27.1.